The lowest BCUT2D eigenvalue weighted by Gasteiger charge is -2.20. The Bertz CT molecular complexity index is 1420. The molecule has 0 saturated carbocycles. The molecule has 0 aromatic heterocycles. The van der Waals surface area contributed by atoms with Crippen LogP contribution in [0.2, 0.25) is 0 Å². The highest BCUT2D eigenvalue weighted by Crippen LogP contribution is 2.18. The van der Waals surface area contributed by atoms with Gasteiger partial charge in [-0.3, -0.25) is 9.59 Å². The summed E-state index contributed by atoms with van der Waals surface area (Å²) in [6.45, 7) is 4.85. The molecule has 0 saturated heterocycles. The maximum atomic E-state index is 12.5. The molecule has 0 fully saturated rings. The topological polar surface area (TPSA) is 95.9 Å². The Balaban J connectivity index is 3.38. The van der Waals surface area contributed by atoms with Gasteiger partial charge >= 0.3 is 5.97 Å². The normalized spacial score (nSPS) is 12.9. The molecule has 480 valence electrons. The smallest absolute Gasteiger partial charge is 0.305 e. The number of esters is 1. The first kappa shape index (κ1) is 79.6. The van der Waals surface area contributed by atoms with Gasteiger partial charge in [0.05, 0.1) is 25.4 Å². The van der Waals surface area contributed by atoms with Crippen LogP contribution in [0, 0.1) is 0 Å². The molecule has 82 heavy (non-hydrogen) atoms. The number of nitrogens with one attached hydrogen (secondary N) is 1. The zero-order chi connectivity index (χ0) is 59.2. The number of aliphatic hydroxyl groups is 2. The van der Waals surface area contributed by atoms with Crippen molar-refractivity contribution in [2.45, 2.75) is 398 Å². The van der Waals surface area contributed by atoms with E-state index in [1.54, 1.807) is 6.08 Å². The zero-order valence-corrected chi connectivity index (χ0v) is 55.0. The van der Waals surface area contributed by atoms with E-state index < -0.39 is 12.1 Å². The molecule has 0 aliphatic carbocycles. The van der Waals surface area contributed by atoms with Gasteiger partial charge in [-0.2, -0.15) is 0 Å². The highest BCUT2D eigenvalue weighted by atomic mass is 16.5. The molecule has 0 aliphatic heterocycles. The third-order valence-electron chi connectivity index (χ3n) is 16.7. The minimum absolute atomic E-state index is 0.00294. The molecule has 2 unspecified atom stereocenters. The molecule has 0 rings (SSSR count). The summed E-state index contributed by atoms with van der Waals surface area (Å²) in [5, 5.41) is 23.2. The summed E-state index contributed by atoms with van der Waals surface area (Å²) in [6, 6.07) is -0.626. The number of allylic oxidation sites excluding steroid dienone is 9. The molecular formula is C76H141NO5. The summed E-state index contributed by atoms with van der Waals surface area (Å²) in [5.41, 5.74) is 0. The SMILES string of the molecule is CCC/C=C\C/C=C\CCCCCCCC(=O)OCCCCCCCCCCCCCCC/C=C\C/C=C\CCCCCCCCCCCCCCCCCCCC(=O)NC(CO)C(O)/C=C/CCCCCCCCCCCCCCC. The minimum atomic E-state index is -0.843. The number of hydrogen-bond acceptors (Lipinski definition) is 5. The first-order valence-corrected chi connectivity index (χ1v) is 36.6. The number of aliphatic hydroxyl groups excluding tert-OH is 2. The van der Waals surface area contributed by atoms with Gasteiger partial charge in [0, 0.05) is 12.8 Å². The molecule has 1 amide bonds. The predicted molar refractivity (Wildman–Crippen MR) is 361 cm³/mol. The van der Waals surface area contributed by atoms with Gasteiger partial charge in [0.1, 0.15) is 0 Å². The maximum absolute atomic E-state index is 12.5. The standard InChI is InChI=1S/C76H141NO5/c1-3-5-7-9-11-13-15-17-41-45-48-52-56-60-64-68-74(79)73(72-78)77-75(80)69-65-61-57-53-49-46-42-39-37-35-33-31-29-27-25-23-21-19-18-20-22-24-26-28-30-32-34-36-38-40-43-47-51-55-59-63-67-71-82-76(81)70-66-62-58-54-50-44-16-14-12-10-8-6-4-2/h8,10,14,16,18,20,24,26,64,68,73-74,78-79H,3-7,9,11-13,15,17,19,21-23,25,27-63,65-67,69-72H2,1-2H3,(H,77,80)/b10-8-,16-14-,20-18-,26-24-,68-64+. The highest BCUT2D eigenvalue weighted by Gasteiger charge is 2.18. The number of carbonyl (C=O) groups excluding carboxylic acids is 2. The largest absolute Gasteiger partial charge is 0.466 e. The predicted octanol–water partition coefficient (Wildman–Crippen LogP) is 23.8. The Kier molecular flexibility index (Phi) is 68.9. The molecule has 0 aliphatic rings. The van der Waals surface area contributed by atoms with Crippen molar-refractivity contribution in [2.75, 3.05) is 13.2 Å². The van der Waals surface area contributed by atoms with Gasteiger partial charge < -0.3 is 20.3 Å². The molecule has 6 heteroatoms. The number of amides is 1. The second-order valence-electron chi connectivity index (χ2n) is 24.9. The van der Waals surface area contributed by atoms with Crippen LogP contribution in [0.25, 0.3) is 0 Å². The quantitative estimate of drug-likeness (QED) is 0.0320. The Hall–Kier alpha value is -2.44. The number of unbranched alkanes of at least 4 members (excludes halogenated alkanes) is 49. The van der Waals surface area contributed by atoms with E-state index in [9.17, 15) is 19.8 Å². The van der Waals surface area contributed by atoms with Crippen LogP contribution < -0.4 is 5.32 Å². The Morgan fingerprint density at radius 3 is 0.976 bits per heavy atom. The molecule has 6 nitrogen and oxygen atoms in total. The molecule has 3 N–H and O–H groups in total. The molecule has 0 aromatic carbocycles. The monoisotopic (exact) mass is 1150 g/mol. The van der Waals surface area contributed by atoms with Crippen LogP contribution in [-0.4, -0.2) is 47.4 Å². The molecule has 0 bridgehead atoms. The van der Waals surface area contributed by atoms with Crippen LogP contribution in [-0.2, 0) is 14.3 Å². The van der Waals surface area contributed by atoms with Crippen LogP contribution in [0.1, 0.15) is 386 Å². The summed E-state index contributed by atoms with van der Waals surface area (Å²) >= 11 is 0. The van der Waals surface area contributed by atoms with Crippen LogP contribution in [0.3, 0.4) is 0 Å². The summed E-state index contributed by atoms with van der Waals surface area (Å²) in [7, 11) is 0. The van der Waals surface area contributed by atoms with E-state index in [2.05, 4.69) is 67.8 Å². The molecule has 0 heterocycles. The van der Waals surface area contributed by atoms with E-state index in [-0.39, 0.29) is 18.5 Å². The maximum Gasteiger partial charge on any atom is 0.305 e. The summed E-state index contributed by atoms with van der Waals surface area (Å²) in [5.74, 6) is -0.0606. The van der Waals surface area contributed by atoms with E-state index in [1.165, 1.54) is 302 Å². The van der Waals surface area contributed by atoms with Gasteiger partial charge in [0.25, 0.3) is 0 Å². The van der Waals surface area contributed by atoms with Gasteiger partial charge in [0.2, 0.25) is 5.91 Å². The van der Waals surface area contributed by atoms with E-state index in [1.807, 2.05) is 6.08 Å². The number of ether oxygens (including phenoxy) is 1. The van der Waals surface area contributed by atoms with E-state index in [0.29, 0.717) is 19.4 Å². The summed E-state index contributed by atoms with van der Waals surface area (Å²) in [4.78, 5) is 24.5. The fourth-order valence-corrected chi connectivity index (χ4v) is 11.2. The van der Waals surface area contributed by atoms with Crippen molar-refractivity contribution in [2.24, 2.45) is 0 Å². The van der Waals surface area contributed by atoms with Gasteiger partial charge in [-0.15, -0.1) is 0 Å². The van der Waals surface area contributed by atoms with E-state index in [4.69, 9.17) is 4.74 Å². The van der Waals surface area contributed by atoms with Crippen LogP contribution in [0.5, 0.6) is 0 Å². The molecule has 0 spiro atoms. The van der Waals surface area contributed by atoms with Crippen LogP contribution in [0.15, 0.2) is 60.8 Å². The summed E-state index contributed by atoms with van der Waals surface area (Å²) < 4.78 is 5.48. The van der Waals surface area contributed by atoms with Crippen molar-refractivity contribution in [3.05, 3.63) is 60.8 Å². The fraction of sp³-hybridized carbons (Fsp3) is 0.842. The molecule has 0 aromatic rings. The minimum Gasteiger partial charge on any atom is -0.466 e. The summed E-state index contributed by atoms with van der Waals surface area (Å²) in [6.07, 6.45) is 94.7. The first-order valence-electron chi connectivity index (χ1n) is 36.6. The second-order valence-corrected chi connectivity index (χ2v) is 24.9. The van der Waals surface area contributed by atoms with Crippen LogP contribution >= 0.6 is 0 Å². The number of rotatable bonds is 68. The molecular weight excluding hydrogens is 1010 g/mol. The van der Waals surface area contributed by atoms with Gasteiger partial charge in [-0.1, -0.05) is 344 Å². The second kappa shape index (κ2) is 71.0. The molecule has 0 radical (unpaired) electrons. The van der Waals surface area contributed by atoms with Crippen LogP contribution in [0.4, 0.5) is 0 Å². The van der Waals surface area contributed by atoms with Crippen molar-refractivity contribution in [3.8, 4) is 0 Å². The lowest BCUT2D eigenvalue weighted by Crippen LogP contribution is -2.45. The number of hydrogen-bond donors (Lipinski definition) is 3. The van der Waals surface area contributed by atoms with Crippen molar-refractivity contribution < 1.29 is 24.5 Å². The average molecular weight is 1150 g/mol. The number of carbonyl (C=O) groups is 2. The zero-order valence-electron chi connectivity index (χ0n) is 55.0. The van der Waals surface area contributed by atoms with Crippen molar-refractivity contribution in [3.63, 3.8) is 0 Å². The van der Waals surface area contributed by atoms with Gasteiger partial charge in [0.15, 0.2) is 0 Å². The fourth-order valence-electron chi connectivity index (χ4n) is 11.2. The Labute approximate surface area is 511 Å². The van der Waals surface area contributed by atoms with E-state index in [0.717, 1.165) is 57.8 Å². The average Bonchev–Trinajstić information content (AvgIpc) is 3.48. The Morgan fingerprint density at radius 1 is 0.341 bits per heavy atom. The van der Waals surface area contributed by atoms with Crippen molar-refractivity contribution in [1.29, 1.82) is 0 Å². The first-order chi connectivity index (χ1) is 40.5. The third-order valence-corrected chi connectivity index (χ3v) is 16.7. The molecule has 2 atom stereocenters. The van der Waals surface area contributed by atoms with Crippen molar-refractivity contribution in [1.82, 2.24) is 5.32 Å². The Morgan fingerprint density at radius 2 is 0.634 bits per heavy atom. The third kappa shape index (κ3) is 66.7. The lowest BCUT2D eigenvalue weighted by molar-refractivity contribution is -0.143. The van der Waals surface area contributed by atoms with Gasteiger partial charge in [-0.25, -0.2) is 0 Å². The highest BCUT2D eigenvalue weighted by molar-refractivity contribution is 5.76. The van der Waals surface area contributed by atoms with E-state index >= 15 is 0 Å². The van der Waals surface area contributed by atoms with Crippen molar-refractivity contribution >= 4 is 11.9 Å². The van der Waals surface area contributed by atoms with Gasteiger partial charge in [-0.05, 0) is 89.9 Å². The lowest BCUT2D eigenvalue weighted by atomic mass is 10.0.